The highest BCUT2D eigenvalue weighted by atomic mass is 35.5. The van der Waals surface area contributed by atoms with Crippen LogP contribution in [0.1, 0.15) is 18.7 Å². The molecule has 1 atom stereocenters. The Bertz CT molecular complexity index is 562. The van der Waals surface area contributed by atoms with Gasteiger partial charge in [0.1, 0.15) is 5.52 Å². The Kier molecular flexibility index (Phi) is 2.35. The van der Waals surface area contributed by atoms with Gasteiger partial charge in [-0.1, -0.05) is 23.2 Å². The molecule has 1 N–H and O–H groups in total. The van der Waals surface area contributed by atoms with Crippen LogP contribution in [0.5, 0.6) is 0 Å². The van der Waals surface area contributed by atoms with Gasteiger partial charge in [0, 0.05) is 18.0 Å². The Morgan fingerprint density at radius 3 is 3.06 bits per heavy atom. The first-order valence-corrected chi connectivity index (χ1v) is 6.02. The number of nitrogens with zero attached hydrogens (tertiary/aromatic N) is 2. The van der Waals surface area contributed by atoms with Gasteiger partial charge in [0.05, 0.1) is 22.3 Å². The standard InChI is InChI=1S/C11H11Cl2N3/c1-6-11-7-2-3-8(12)9(13)10(7)15-16(11)5-4-14-6/h2-3,6,14H,4-5H2,1H3. The van der Waals surface area contributed by atoms with E-state index in [1.165, 1.54) is 5.69 Å². The largest absolute Gasteiger partial charge is 0.307 e. The molecular weight excluding hydrogens is 245 g/mol. The molecule has 3 nitrogen and oxygen atoms in total. The Labute approximate surface area is 103 Å². The summed E-state index contributed by atoms with van der Waals surface area (Å²) in [4.78, 5) is 0. The van der Waals surface area contributed by atoms with Crippen LogP contribution in [0.25, 0.3) is 10.9 Å². The number of fused-ring (bicyclic) bond motifs is 3. The third-order valence-electron chi connectivity index (χ3n) is 3.03. The van der Waals surface area contributed by atoms with Crippen LogP contribution in [0, 0.1) is 0 Å². The van der Waals surface area contributed by atoms with Crippen molar-refractivity contribution in [2.45, 2.75) is 19.5 Å². The minimum atomic E-state index is 0.302. The molecule has 0 amide bonds. The molecule has 0 radical (unpaired) electrons. The maximum atomic E-state index is 6.17. The zero-order chi connectivity index (χ0) is 11.3. The number of nitrogens with one attached hydrogen (secondary N) is 1. The second-order valence-electron chi connectivity index (χ2n) is 4.04. The van der Waals surface area contributed by atoms with Crippen molar-refractivity contribution in [1.82, 2.24) is 15.1 Å². The number of hydrogen-bond acceptors (Lipinski definition) is 2. The van der Waals surface area contributed by atoms with E-state index in [0.717, 1.165) is 24.0 Å². The van der Waals surface area contributed by atoms with E-state index < -0.39 is 0 Å². The summed E-state index contributed by atoms with van der Waals surface area (Å²) in [5.74, 6) is 0. The third-order valence-corrected chi connectivity index (χ3v) is 3.82. The molecule has 1 aliphatic rings. The monoisotopic (exact) mass is 255 g/mol. The lowest BCUT2D eigenvalue weighted by atomic mass is 10.1. The second kappa shape index (κ2) is 3.62. The molecule has 0 bridgehead atoms. The summed E-state index contributed by atoms with van der Waals surface area (Å²) in [7, 11) is 0. The first-order chi connectivity index (χ1) is 7.68. The summed E-state index contributed by atoms with van der Waals surface area (Å²) in [5, 5.41) is 10.1. The van der Waals surface area contributed by atoms with Crippen molar-refractivity contribution in [2.75, 3.05) is 6.54 Å². The number of halogens is 2. The summed E-state index contributed by atoms with van der Waals surface area (Å²) in [6.07, 6.45) is 0. The number of rotatable bonds is 0. The first kappa shape index (κ1) is 10.4. The van der Waals surface area contributed by atoms with Crippen molar-refractivity contribution in [3.63, 3.8) is 0 Å². The predicted molar refractivity (Wildman–Crippen MR) is 66.2 cm³/mol. The molecule has 1 aromatic carbocycles. The van der Waals surface area contributed by atoms with E-state index in [1.54, 1.807) is 0 Å². The Balaban J connectivity index is 2.37. The van der Waals surface area contributed by atoms with E-state index in [1.807, 2.05) is 16.8 Å². The first-order valence-electron chi connectivity index (χ1n) is 5.26. The molecule has 2 heterocycles. The van der Waals surface area contributed by atoms with Gasteiger partial charge < -0.3 is 5.32 Å². The van der Waals surface area contributed by atoms with Crippen LogP contribution in [-0.4, -0.2) is 16.3 Å². The molecule has 1 aromatic heterocycles. The molecular formula is C11H11Cl2N3. The Hall–Kier alpha value is -0.770. The lowest BCUT2D eigenvalue weighted by molar-refractivity contribution is 0.423. The topological polar surface area (TPSA) is 29.9 Å². The number of aromatic nitrogens is 2. The Morgan fingerprint density at radius 1 is 1.44 bits per heavy atom. The van der Waals surface area contributed by atoms with Crippen LogP contribution in [0.4, 0.5) is 0 Å². The van der Waals surface area contributed by atoms with E-state index in [2.05, 4.69) is 17.3 Å². The average Bonchev–Trinajstić information content (AvgIpc) is 2.64. The van der Waals surface area contributed by atoms with Crippen LogP contribution in [0.3, 0.4) is 0 Å². The number of benzene rings is 1. The predicted octanol–water partition coefficient (Wildman–Crippen LogP) is 3.01. The Morgan fingerprint density at radius 2 is 2.25 bits per heavy atom. The maximum absolute atomic E-state index is 6.17. The molecule has 3 rings (SSSR count). The van der Waals surface area contributed by atoms with Crippen molar-refractivity contribution >= 4 is 34.1 Å². The zero-order valence-corrected chi connectivity index (χ0v) is 10.3. The summed E-state index contributed by atoms with van der Waals surface area (Å²) in [6, 6.07) is 4.12. The molecule has 84 valence electrons. The van der Waals surface area contributed by atoms with Gasteiger partial charge in [-0.2, -0.15) is 5.10 Å². The fourth-order valence-corrected chi connectivity index (χ4v) is 2.62. The second-order valence-corrected chi connectivity index (χ2v) is 4.83. The minimum absolute atomic E-state index is 0.302. The van der Waals surface area contributed by atoms with E-state index in [-0.39, 0.29) is 0 Å². The third kappa shape index (κ3) is 1.35. The molecule has 2 aromatic rings. The van der Waals surface area contributed by atoms with Gasteiger partial charge >= 0.3 is 0 Å². The fraction of sp³-hybridized carbons (Fsp3) is 0.364. The van der Waals surface area contributed by atoms with Crippen molar-refractivity contribution < 1.29 is 0 Å². The lowest BCUT2D eigenvalue weighted by Gasteiger charge is -2.21. The highest BCUT2D eigenvalue weighted by Gasteiger charge is 2.22. The highest BCUT2D eigenvalue weighted by molar-refractivity contribution is 6.45. The van der Waals surface area contributed by atoms with E-state index >= 15 is 0 Å². The van der Waals surface area contributed by atoms with Crippen molar-refractivity contribution in [1.29, 1.82) is 0 Å². The van der Waals surface area contributed by atoms with Crippen LogP contribution in [0.15, 0.2) is 12.1 Å². The van der Waals surface area contributed by atoms with E-state index in [9.17, 15) is 0 Å². The van der Waals surface area contributed by atoms with Crippen LogP contribution in [-0.2, 0) is 6.54 Å². The molecule has 0 aliphatic carbocycles. The van der Waals surface area contributed by atoms with Gasteiger partial charge in [-0.25, -0.2) is 0 Å². The molecule has 0 fully saturated rings. The van der Waals surface area contributed by atoms with Crippen LogP contribution in [0.2, 0.25) is 10.0 Å². The smallest absolute Gasteiger partial charge is 0.113 e. The zero-order valence-electron chi connectivity index (χ0n) is 8.80. The number of hydrogen-bond donors (Lipinski definition) is 1. The summed E-state index contributed by atoms with van der Waals surface area (Å²) in [6.45, 7) is 3.95. The SMILES string of the molecule is CC1NCCn2nc3c(Cl)c(Cl)ccc3c21. The van der Waals surface area contributed by atoms with Crippen LogP contribution >= 0.6 is 23.2 Å². The maximum Gasteiger partial charge on any atom is 0.113 e. The average molecular weight is 256 g/mol. The summed E-state index contributed by atoms with van der Waals surface area (Å²) in [5.41, 5.74) is 2.00. The minimum Gasteiger partial charge on any atom is -0.307 e. The van der Waals surface area contributed by atoms with Gasteiger partial charge in [-0.15, -0.1) is 0 Å². The van der Waals surface area contributed by atoms with Gasteiger partial charge in [0.2, 0.25) is 0 Å². The molecule has 1 aliphatic heterocycles. The highest BCUT2D eigenvalue weighted by Crippen LogP contribution is 2.34. The molecule has 5 heteroatoms. The summed E-state index contributed by atoms with van der Waals surface area (Å²) >= 11 is 12.2. The van der Waals surface area contributed by atoms with Gasteiger partial charge in [-0.05, 0) is 19.1 Å². The van der Waals surface area contributed by atoms with E-state index in [4.69, 9.17) is 23.2 Å². The van der Waals surface area contributed by atoms with Gasteiger partial charge in [0.25, 0.3) is 0 Å². The molecule has 0 spiro atoms. The molecule has 1 unspecified atom stereocenters. The molecule has 16 heavy (non-hydrogen) atoms. The molecule has 0 saturated carbocycles. The molecule has 0 saturated heterocycles. The lowest BCUT2D eigenvalue weighted by Crippen LogP contribution is -2.31. The van der Waals surface area contributed by atoms with Gasteiger partial charge in [0.15, 0.2) is 0 Å². The summed E-state index contributed by atoms with van der Waals surface area (Å²) < 4.78 is 2.02. The normalized spacial score (nSPS) is 20.1. The fourth-order valence-electron chi connectivity index (χ4n) is 2.27. The van der Waals surface area contributed by atoms with E-state index in [0.29, 0.717) is 16.1 Å². The van der Waals surface area contributed by atoms with Crippen molar-refractivity contribution in [2.24, 2.45) is 0 Å². The van der Waals surface area contributed by atoms with Crippen LogP contribution < -0.4 is 5.32 Å². The van der Waals surface area contributed by atoms with Gasteiger partial charge in [-0.3, -0.25) is 4.68 Å². The van der Waals surface area contributed by atoms with Crippen molar-refractivity contribution in [3.8, 4) is 0 Å². The van der Waals surface area contributed by atoms with Crippen molar-refractivity contribution in [3.05, 3.63) is 27.9 Å². The quantitative estimate of drug-likeness (QED) is 0.785.